The molecule has 0 unspecified atom stereocenters. The summed E-state index contributed by atoms with van der Waals surface area (Å²) in [5, 5.41) is 8.33. The second-order valence-corrected chi connectivity index (χ2v) is 7.48. The van der Waals surface area contributed by atoms with E-state index in [0.29, 0.717) is 0 Å². The number of aryl methyl sites for hydroxylation is 1. The van der Waals surface area contributed by atoms with Crippen molar-refractivity contribution in [3.63, 3.8) is 0 Å². The van der Waals surface area contributed by atoms with Crippen LogP contribution in [0.1, 0.15) is 11.1 Å². The highest BCUT2D eigenvalue weighted by Gasteiger charge is 2.09. The van der Waals surface area contributed by atoms with Gasteiger partial charge in [-0.15, -0.1) is 0 Å². The molecule has 30 heavy (non-hydrogen) atoms. The van der Waals surface area contributed by atoms with Crippen molar-refractivity contribution in [2.75, 3.05) is 5.32 Å². The fourth-order valence-corrected chi connectivity index (χ4v) is 3.76. The van der Waals surface area contributed by atoms with E-state index < -0.39 is 0 Å². The molecule has 0 saturated carbocycles. The first-order valence-corrected chi connectivity index (χ1v) is 10.2. The van der Waals surface area contributed by atoms with Gasteiger partial charge in [0, 0.05) is 22.0 Å². The molecule has 2 heteroatoms. The van der Waals surface area contributed by atoms with Crippen LogP contribution in [-0.4, -0.2) is 5.84 Å². The van der Waals surface area contributed by atoms with Gasteiger partial charge >= 0.3 is 0 Å². The maximum absolute atomic E-state index is 5.09. The fourth-order valence-electron chi connectivity index (χ4n) is 3.76. The first kappa shape index (κ1) is 18.1. The van der Waals surface area contributed by atoms with E-state index in [0.717, 1.165) is 28.2 Å². The van der Waals surface area contributed by atoms with Crippen LogP contribution in [0.4, 0.5) is 11.4 Å². The number of benzene rings is 5. The van der Waals surface area contributed by atoms with E-state index in [2.05, 4.69) is 121 Å². The van der Waals surface area contributed by atoms with Crippen LogP contribution in [0.3, 0.4) is 0 Å². The monoisotopic (exact) mass is 386 g/mol. The summed E-state index contributed by atoms with van der Waals surface area (Å²) >= 11 is 0. The van der Waals surface area contributed by atoms with Gasteiger partial charge in [0.15, 0.2) is 0 Å². The number of amidine groups is 1. The summed E-state index contributed by atoms with van der Waals surface area (Å²) in [5.74, 6) is 0.836. The summed E-state index contributed by atoms with van der Waals surface area (Å²) in [6.07, 6.45) is 0. The quantitative estimate of drug-likeness (QED) is 0.252. The molecule has 5 aromatic carbocycles. The van der Waals surface area contributed by atoms with Crippen LogP contribution in [0.15, 0.2) is 114 Å². The molecule has 1 N–H and O–H groups in total. The van der Waals surface area contributed by atoms with Crippen LogP contribution >= 0.6 is 0 Å². The van der Waals surface area contributed by atoms with Crippen molar-refractivity contribution in [2.45, 2.75) is 6.92 Å². The molecule has 0 heterocycles. The predicted octanol–water partition coefficient (Wildman–Crippen LogP) is 7.49. The van der Waals surface area contributed by atoms with Crippen LogP contribution in [-0.2, 0) is 0 Å². The Labute approximate surface area is 176 Å². The average Bonchev–Trinajstić information content (AvgIpc) is 2.80. The Kier molecular flexibility index (Phi) is 4.74. The molecule has 5 rings (SSSR count). The molecule has 0 fully saturated rings. The minimum atomic E-state index is 0.836. The Hall–Kier alpha value is -3.91. The zero-order chi connectivity index (χ0) is 20.3. The minimum Gasteiger partial charge on any atom is -0.339 e. The molecule has 2 nitrogen and oxygen atoms in total. The molecule has 5 aromatic rings. The molecule has 0 aromatic heterocycles. The van der Waals surface area contributed by atoms with Gasteiger partial charge < -0.3 is 5.32 Å². The highest BCUT2D eigenvalue weighted by atomic mass is 15.0. The smallest absolute Gasteiger partial charge is 0.138 e. The molecule has 144 valence electrons. The largest absolute Gasteiger partial charge is 0.339 e. The lowest BCUT2D eigenvalue weighted by atomic mass is 10.1. The van der Waals surface area contributed by atoms with E-state index >= 15 is 0 Å². The number of hydrogen-bond acceptors (Lipinski definition) is 1. The SMILES string of the molecule is Cc1ccc(C(=Nc2cccc3ccccc23)Nc2cccc3ccccc23)cc1. The van der Waals surface area contributed by atoms with Gasteiger partial charge in [0.2, 0.25) is 0 Å². The molecular weight excluding hydrogens is 364 g/mol. The number of nitrogens with one attached hydrogen (secondary N) is 1. The van der Waals surface area contributed by atoms with Crippen LogP contribution < -0.4 is 5.32 Å². The average molecular weight is 386 g/mol. The summed E-state index contributed by atoms with van der Waals surface area (Å²) in [4.78, 5) is 5.09. The Morgan fingerprint density at radius 1 is 0.600 bits per heavy atom. The number of nitrogens with zero attached hydrogens (tertiary/aromatic N) is 1. The van der Waals surface area contributed by atoms with E-state index in [1.807, 2.05) is 0 Å². The fraction of sp³-hybridized carbons (Fsp3) is 0.0357. The lowest BCUT2D eigenvalue weighted by Crippen LogP contribution is -2.13. The lowest BCUT2D eigenvalue weighted by molar-refractivity contribution is 1.44. The minimum absolute atomic E-state index is 0.836. The maximum Gasteiger partial charge on any atom is 0.138 e. The lowest BCUT2D eigenvalue weighted by Gasteiger charge is -2.14. The molecule has 0 aliphatic rings. The van der Waals surface area contributed by atoms with Crippen molar-refractivity contribution in [3.8, 4) is 0 Å². The first-order valence-electron chi connectivity index (χ1n) is 10.2. The first-order chi connectivity index (χ1) is 14.8. The van der Waals surface area contributed by atoms with Gasteiger partial charge in [0.05, 0.1) is 5.69 Å². The third-order valence-corrected chi connectivity index (χ3v) is 5.37. The summed E-state index contributed by atoms with van der Waals surface area (Å²) < 4.78 is 0. The second-order valence-electron chi connectivity index (χ2n) is 7.48. The molecule has 0 atom stereocenters. The Balaban J connectivity index is 1.67. The number of fused-ring (bicyclic) bond motifs is 2. The second kappa shape index (κ2) is 7.84. The number of rotatable bonds is 3. The number of anilines is 1. The van der Waals surface area contributed by atoms with Gasteiger partial charge in [0.25, 0.3) is 0 Å². The van der Waals surface area contributed by atoms with Crippen molar-refractivity contribution in [1.29, 1.82) is 0 Å². The van der Waals surface area contributed by atoms with Gasteiger partial charge in [-0.2, -0.15) is 0 Å². The third kappa shape index (κ3) is 3.56. The normalized spacial score (nSPS) is 11.7. The van der Waals surface area contributed by atoms with Gasteiger partial charge in [-0.3, -0.25) is 0 Å². The molecule has 0 amide bonds. The van der Waals surface area contributed by atoms with Gasteiger partial charge in [-0.25, -0.2) is 4.99 Å². The number of hydrogen-bond donors (Lipinski definition) is 1. The zero-order valence-corrected chi connectivity index (χ0v) is 16.8. The van der Waals surface area contributed by atoms with E-state index in [1.165, 1.54) is 21.7 Å². The summed E-state index contributed by atoms with van der Waals surface area (Å²) in [5.41, 5.74) is 4.29. The maximum atomic E-state index is 5.09. The van der Waals surface area contributed by atoms with Crippen LogP contribution in [0, 0.1) is 6.92 Å². The van der Waals surface area contributed by atoms with E-state index in [-0.39, 0.29) is 0 Å². The van der Waals surface area contributed by atoms with Crippen LogP contribution in [0.5, 0.6) is 0 Å². The van der Waals surface area contributed by atoms with Crippen molar-refractivity contribution >= 4 is 38.8 Å². The van der Waals surface area contributed by atoms with Crippen LogP contribution in [0.2, 0.25) is 0 Å². The summed E-state index contributed by atoms with van der Waals surface area (Å²) in [6.45, 7) is 2.10. The van der Waals surface area contributed by atoms with Crippen molar-refractivity contribution in [3.05, 3.63) is 120 Å². The topological polar surface area (TPSA) is 24.4 Å². The zero-order valence-electron chi connectivity index (χ0n) is 16.8. The van der Waals surface area contributed by atoms with Gasteiger partial charge in [-0.1, -0.05) is 103 Å². The summed E-state index contributed by atoms with van der Waals surface area (Å²) in [7, 11) is 0. The Morgan fingerprint density at radius 2 is 1.20 bits per heavy atom. The highest BCUT2D eigenvalue weighted by Crippen LogP contribution is 2.28. The molecule has 0 saturated heterocycles. The molecule has 0 bridgehead atoms. The van der Waals surface area contributed by atoms with Crippen molar-refractivity contribution in [1.82, 2.24) is 0 Å². The molecular formula is C28H22N2. The summed E-state index contributed by atoms with van der Waals surface area (Å²) in [6, 6.07) is 37.8. The van der Waals surface area contributed by atoms with Crippen molar-refractivity contribution in [2.24, 2.45) is 4.99 Å². The number of aliphatic imine (C=N–C) groups is 1. The highest BCUT2D eigenvalue weighted by molar-refractivity contribution is 6.14. The standard InChI is InChI=1S/C28H22N2/c1-20-16-18-23(19-17-20)28(29-26-14-6-10-21-8-2-4-12-24(21)26)30-27-15-7-11-22-9-3-5-13-25(22)27/h2-19H,1H3,(H,29,30). The van der Waals surface area contributed by atoms with Crippen molar-refractivity contribution < 1.29 is 0 Å². The van der Waals surface area contributed by atoms with Crippen LogP contribution in [0.25, 0.3) is 21.5 Å². The van der Waals surface area contributed by atoms with E-state index in [4.69, 9.17) is 4.99 Å². The van der Waals surface area contributed by atoms with E-state index in [9.17, 15) is 0 Å². The molecule has 0 spiro atoms. The van der Waals surface area contributed by atoms with E-state index in [1.54, 1.807) is 0 Å². The molecule has 0 aliphatic heterocycles. The molecule has 0 aliphatic carbocycles. The van der Waals surface area contributed by atoms with Gasteiger partial charge in [-0.05, 0) is 29.8 Å². The Morgan fingerprint density at radius 3 is 1.97 bits per heavy atom. The third-order valence-electron chi connectivity index (χ3n) is 5.37. The Bertz CT molecular complexity index is 1350. The molecule has 0 radical (unpaired) electrons. The predicted molar refractivity (Wildman–Crippen MR) is 129 cm³/mol. The van der Waals surface area contributed by atoms with Gasteiger partial charge in [0.1, 0.15) is 5.84 Å².